The van der Waals surface area contributed by atoms with Gasteiger partial charge in [0.25, 0.3) is 0 Å². The van der Waals surface area contributed by atoms with Gasteiger partial charge in [-0.3, -0.25) is 9.69 Å². The monoisotopic (exact) mass is 289 g/mol. The predicted octanol–water partition coefficient (Wildman–Crippen LogP) is 3.63. The van der Waals surface area contributed by atoms with Crippen LogP contribution in [0.5, 0.6) is 0 Å². The molecule has 3 nitrogen and oxygen atoms in total. The molecule has 0 aromatic heterocycles. The van der Waals surface area contributed by atoms with Crippen LogP contribution in [0.2, 0.25) is 0 Å². The minimum Gasteiger partial charge on any atom is -0.461 e. The number of hydrogen-bond acceptors (Lipinski definition) is 3. The summed E-state index contributed by atoms with van der Waals surface area (Å²) in [6, 6.07) is 9.86. The van der Waals surface area contributed by atoms with Crippen molar-refractivity contribution in [2.24, 2.45) is 5.92 Å². The van der Waals surface area contributed by atoms with Crippen molar-refractivity contribution in [1.29, 1.82) is 0 Å². The van der Waals surface area contributed by atoms with E-state index in [9.17, 15) is 4.79 Å². The summed E-state index contributed by atoms with van der Waals surface area (Å²) in [4.78, 5) is 14.8. The lowest BCUT2D eigenvalue weighted by atomic mass is 9.74. The van der Waals surface area contributed by atoms with Gasteiger partial charge in [0.2, 0.25) is 0 Å². The van der Waals surface area contributed by atoms with Crippen molar-refractivity contribution >= 4 is 5.97 Å². The maximum atomic E-state index is 12.4. The molecule has 1 aromatic carbocycles. The second kappa shape index (κ2) is 5.80. The van der Waals surface area contributed by atoms with Crippen LogP contribution >= 0.6 is 0 Å². The van der Waals surface area contributed by atoms with Crippen LogP contribution in [0.4, 0.5) is 0 Å². The minimum atomic E-state index is -0.0619. The van der Waals surface area contributed by atoms with Gasteiger partial charge in [0, 0.05) is 11.1 Å². The van der Waals surface area contributed by atoms with Crippen LogP contribution in [-0.4, -0.2) is 29.0 Å². The van der Waals surface area contributed by atoms with Crippen LogP contribution < -0.4 is 0 Å². The van der Waals surface area contributed by atoms with Crippen LogP contribution in [0.25, 0.3) is 0 Å². The second-order valence-corrected chi connectivity index (χ2v) is 7.38. The van der Waals surface area contributed by atoms with E-state index in [2.05, 4.69) is 39.6 Å². The zero-order valence-electron chi connectivity index (χ0n) is 13.8. The first kappa shape index (κ1) is 16.0. The first-order chi connectivity index (χ1) is 9.72. The van der Waals surface area contributed by atoms with E-state index in [4.69, 9.17) is 4.74 Å². The average Bonchev–Trinajstić information content (AvgIpc) is 2.42. The van der Waals surface area contributed by atoms with Gasteiger partial charge in [-0.25, -0.2) is 0 Å². The number of nitrogens with zero attached hydrogens (tertiary/aromatic N) is 1. The molecule has 0 spiro atoms. The third kappa shape index (κ3) is 3.65. The van der Waals surface area contributed by atoms with Gasteiger partial charge in [0.05, 0.1) is 5.92 Å². The molecule has 0 unspecified atom stereocenters. The lowest BCUT2D eigenvalue weighted by Crippen LogP contribution is -2.59. The van der Waals surface area contributed by atoms with Crippen LogP contribution in [0, 0.1) is 5.92 Å². The number of piperidine rings is 1. The lowest BCUT2D eigenvalue weighted by Gasteiger charge is -2.53. The number of benzene rings is 1. The SMILES string of the molecule is CN1C(C)(C)CC(C(=O)OCc2ccccc2)CC1(C)C. The number of rotatable bonds is 3. The second-order valence-electron chi connectivity index (χ2n) is 7.38. The van der Waals surface area contributed by atoms with Crippen molar-refractivity contribution < 1.29 is 9.53 Å². The molecule has 116 valence electrons. The first-order valence-corrected chi connectivity index (χ1v) is 7.67. The number of carbonyl (C=O) groups is 1. The molecule has 1 aromatic rings. The number of carbonyl (C=O) groups excluding carboxylic acids is 1. The van der Waals surface area contributed by atoms with Crippen LogP contribution in [0.15, 0.2) is 30.3 Å². The van der Waals surface area contributed by atoms with E-state index in [1.165, 1.54) is 0 Å². The molecule has 0 bridgehead atoms. The molecule has 3 heteroatoms. The largest absolute Gasteiger partial charge is 0.461 e. The summed E-state index contributed by atoms with van der Waals surface area (Å²) in [6.07, 6.45) is 1.70. The Morgan fingerprint density at radius 1 is 1.14 bits per heavy atom. The smallest absolute Gasteiger partial charge is 0.309 e. The first-order valence-electron chi connectivity index (χ1n) is 7.67. The highest BCUT2D eigenvalue weighted by Crippen LogP contribution is 2.40. The van der Waals surface area contributed by atoms with Gasteiger partial charge in [0.1, 0.15) is 6.61 Å². The Kier molecular flexibility index (Phi) is 4.43. The standard InChI is InChI=1S/C18H27NO2/c1-17(2)11-15(12-18(3,4)19(17)5)16(20)21-13-14-9-7-6-8-10-14/h6-10,15H,11-13H2,1-5H3. The summed E-state index contributed by atoms with van der Waals surface area (Å²) in [7, 11) is 2.14. The molecular weight excluding hydrogens is 262 g/mol. The Morgan fingerprint density at radius 3 is 2.19 bits per heavy atom. The Morgan fingerprint density at radius 2 is 1.67 bits per heavy atom. The summed E-state index contributed by atoms with van der Waals surface area (Å²) >= 11 is 0. The molecule has 2 rings (SSSR count). The predicted molar refractivity (Wildman–Crippen MR) is 84.9 cm³/mol. The van der Waals surface area contributed by atoms with Gasteiger partial charge < -0.3 is 4.74 Å². The van der Waals surface area contributed by atoms with Gasteiger partial charge in [-0.05, 0) is 53.1 Å². The van der Waals surface area contributed by atoms with Gasteiger partial charge in [-0.15, -0.1) is 0 Å². The summed E-state index contributed by atoms with van der Waals surface area (Å²) < 4.78 is 5.53. The molecule has 1 heterocycles. The van der Waals surface area contributed by atoms with E-state index in [1.807, 2.05) is 30.3 Å². The van der Waals surface area contributed by atoms with E-state index in [-0.39, 0.29) is 23.0 Å². The number of likely N-dealkylation sites (tertiary alicyclic amines) is 1. The number of hydrogen-bond donors (Lipinski definition) is 0. The lowest BCUT2D eigenvalue weighted by molar-refractivity contribution is -0.157. The van der Waals surface area contributed by atoms with E-state index >= 15 is 0 Å². The van der Waals surface area contributed by atoms with E-state index < -0.39 is 0 Å². The Hall–Kier alpha value is -1.35. The third-order valence-corrected chi connectivity index (χ3v) is 4.87. The Bertz CT molecular complexity index is 475. The summed E-state index contributed by atoms with van der Waals surface area (Å²) in [5.41, 5.74) is 1.06. The molecule has 0 atom stereocenters. The Labute approximate surface area is 128 Å². The van der Waals surface area contributed by atoms with E-state index in [1.54, 1.807) is 0 Å². The van der Waals surface area contributed by atoms with E-state index in [0.29, 0.717) is 6.61 Å². The van der Waals surface area contributed by atoms with E-state index in [0.717, 1.165) is 18.4 Å². The van der Waals surface area contributed by atoms with Gasteiger partial charge in [-0.2, -0.15) is 0 Å². The molecule has 0 saturated carbocycles. The maximum absolute atomic E-state index is 12.4. The summed E-state index contributed by atoms with van der Waals surface area (Å²) in [6.45, 7) is 9.17. The zero-order valence-corrected chi connectivity index (χ0v) is 13.8. The molecule has 0 radical (unpaired) electrons. The molecule has 1 saturated heterocycles. The van der Waals surface area contributed by atoms with Crippen LogP contribution in [0.1, 0.15) is 46.1 Å². The fraction of sp³-hybridized carbons (Fsp3) is 0.611. The fourth-order valence-electron chi connectivity index (χ4n) is 3.38. The molecule has 0 amide bonds. The minimum absolute atomic E-state index is 0.0121. The van der Waals surface area contributed by atoms with Gasteiger partial charge in [-0.1, -0.05) is 30.3 Å². The van der Waals surface area contributed by atoms with Crippen molar-refractivity contribution in [3.8, 4) is 0 Å². The molecule has 1 fully saturated rings. The fourth-order valence-corrected chi connectivity index (χ4v) is 3.38. The number of esters is 1. The highest BCUT2D eigenvalue weighted by molar-refractivity contribution is 5.73. The molecular formula is C18H27NO2. The molecule has 1 aliphatic heterocycles. The molecule has 0 aliphatic carbocycles. The van der Waals surface area contributed by atoms with Crippen LogP contribution in [0.3, 0.4) is 0 Å². The molecule has 21 heavy (non-hydrogen) atoms. The normalized spacial score (nSPS) is 22.0. The van der Waals surface area contributed by atoms with Crippen molar-refractivity contribution in [3.63, 3.8) is 0 Å². The van der Waals surface area contributed by atoms with Gasteiger partial charge in [0.15, 0.2) is 0 Å². The summed E-state index contributed by atoms with van der Waals surface area (Å²) in [5.74, 6) is -0.0805. The Balaban J connectivity index is 1.99. The highest BCUT2D eigenvalue weighted by atomic mass is 16.5. The highest BCUT2D eigenvalue weighted by Gasteiger charge is 2.45. The van der Waals surface area contributed by atoms with Crippen molar-refractivity contribution in [1.82, 2.24) is 4.90 Å². The molecule has 0 N–H and O–H groups in total. The summed E-state index contributed by atoms with van der Waals surface area (Å²) in [5, 5.41) is 0. The zero-order chi connectivity index (χ0) is 15.7. The maximum Gasteiger partial charge on any atom is 0.309 e. The third-order valence-electron chi connectivity index (χ3n) is 4.87. The van der Waals surface area contributed by atoms with Crippen molar-refractivity contribution in [2.45, 2.75) is 58.2 Å². The van der Waals surface area contributed by atoms with Crippen LogP contribution in [-0.2, 0) is 16.1 Å². The number of ether oxygens (including phenoxy) is 1. The average molecular weight is 289 g/mol. The quantitative estimate of drug-likeness (QED) is 0.796. The topological polar surface area (TPSA) is 29.5 Å². The van der Waals surface area contributed by atoms with Gasteiger partial charge >= 0.3 is 5.97 Å². The van der Waals surface area contributed by atoms with Crippen molar-refractivity contribution in [2.75, 3.05) is 7.05 Å². The molecule has 1 aliphatic rings. The van der Waals surface area contributed by atoms with Crippen molar-refractivity contribution in [3.05, 3.63) is 35.9 Å².